The van der Waals surface area contributed by atoms with E-state index >= 15 is 0 Å². The van der Waals surface area contributed by atoms with Crippen LogP contribution in [0.2, 0.25) is 0 Å². The van der Waals surface area contributed by atoms with Crippen LogP contribution in [0.1, 0.15) is 56.6 Å². The summed E-state index contributed by atoms with van der Waals surface area (Å²) in [6.45, 7) is 4.36. The van der Waals surface area contributed by atoms with Crippen molar-refractivity contribution in [3.05, 3.63) is 40.3 Å². The molecule has 0 atom stereocenters. The molecular formula is C18H22N2OS. The molecule has 3 nitrogen and oxygen atoms in total. The lowest BCUT2D eigenvalue weighted by molar-refractivity contribution is -0.115. The minimum absolute atomic E-state index is 0.0327. The van der Waals surface area contributed by atoms with Crippen LogP contribution in [0.25, 0.3) is 6.08 Å². The van der Waals surface area contributed by atoms with E-state index in [-0.39, 0.29) is 5.91 Å². The monoisotopic (exact) mass is 314 g/mol. The second kappa shape index (κ2) is 6.69. The molecule has 1 aromatic carbocycles. The third-order valence-corrected chi connectivity index (χ3v) is 5.10. The first-order valence-electron chi connectivity index (χ1n) is 8.00. The standard InChI is InChI=1S/C18H22N2OS/c1-12(2)14-9-7-13(8-10-14)11-16-17(21)20-18(22-16)19-15-5-3-4-6-15/h7-12,15H,3-6H2,1-2H3,(H,19,20,21)/b16-11-. The van der Waals surface area contributed by atoms with Crippen LogP contribution in [-0.2, 0) is 4.79 Å². The van der Waals surface area contributed by atoms with E-state index in [2.05, 4.69) is 48.4 Å². The summed E-state index contributed by atoms with van der Waals surface area (Å²) in [6, 6.07) is 8.79. The van der Waals surface area contributed by atoms with Crippen LogP contribution < -0.4 is 5.32 Å². The average molecular weight is 314 g/mol. The van der Waals surface area contributed by atoms with Crippen molar-refractivity contribution in [1.29, 1.82) is 0 Å². The zero-order valence-electron chi connectivity index (χ0n) is 13.1. The van der Waals surface area contributed by atoms with Gasteiger partial charge in [-0.2, -0.15) is 0 Å². The molecule has 2 aliphatic rings. The van der Waals surface area contributed by atoms with Gasteiger partial charge in [0.1, 0.15) is 0 Å². The quantitative estimate of drug-likeness (QED) is 0.845. The van der Waals surface area contributed by atoms with Crippen LogP contribution in [0.4, 0.5) is 0 Å². The summed E-state index contributed by atoms with van der Waals surface area (Å²) in [5.41, 5.74) is 2.37. The van der Waals surface area contributed by atoms with Gasteiger partial charge >= 0.3 is 0 Å². The molecule has 4 heteroatoms. The molecule has 1 aromatic rings. The fourth-order valence-corrected chi connectivity index (χ4v) is 3.71. The van der Waals surface area contributed by atoms with Crippen molar-refractivity contribution in [1.82, 2.24) is 5.32 Å². The topological polar surface area (TPSA) is 41.5 Å². The highest BCUT2D eigenvalue weighted by Crippen LogP contribution is 2.29. The number of nitrogens with zero attached hydrogens (tertiary/aromatic N) is 1. The van der Waals surface area contributed by atoms with Crippen molar-refractivity contribution < 1.29 is 4.79 Å². The van der Waals surface area contributed by atoms with Gasteiger partial charge in [0.05, 0.1) is 10.9 Å². The Balaban J connectivity index is 1.72. The molecule has 1 heterocycles. The van der Waals surface area contributed by atoms with E-state index in [9.17, 15) is 4.79 Å². The molecule has 3 rings (SSSR count). The zero-order chi connectivity index (χ0) is 15.5. The Hall–Kier alpha value is -1.55. The molecule has 1 aliphatic heterocycles. The summed E-state index contributed by atoms with van der Waals surface area (Å²) < 4.78 is 0. The average Bonchev–Trinajstić information content (AvgIpc) is 3.11. The molecule has 0 bridgehead atoms. The van der Waals surface area contributed by atoms with E-state index in [4.69, 9.17) is 0 Å². The fourth-order valence-electron chi connectivity index (χ4n) is 2.82. The lowest BCUT2D eigenvalue weighted by atomic mass is 10.0. The number of nitrogens with one attached hydrogen (secondary N) is 1. The number of aliphatic imine (C=N–C) groups is 1. The van der Waals surface area contributed by atoms with Gasteiger partial charge in [-0.15, -0.1) is 0 Å². The van der Waals surface area contributed by atoms with E-state index in [1.807, 2.05) is 6.08 Å². The maximum absolute atomic E-state index is 12.1. The molecule has 1 N–H and O–H groups in total. The molecule has 2 fully saturated rings. The molecule has 1 saturated heterocycles. The van der Waals surface area contributed by atoms with E-state index in [1.165, 1.54) is 30.2 Å². The first-order valence-corrected chi connectivity index (χ1v) is 8.82. The van der Waals surface area contributed by atoms with Crippen LogP contribution in [0.15, 0.2) is 34.2 Å². The van der Waals surface area contributed by atoms with Crippen LogP contribution in [0.3, 0.4) is 0 Å². The van der Waals surface area contributed by atoms with Gasteiger partial charge in [-0.25, -0.2) is 0 Å². The number of carbonyl (C=O) groups excluding carboxylic acids is 1. The van der Waals surface area contributed by atoms with Crippen molar-refractivity contribution >= 4 is 28.9 Å². The highest BCUT2D eigenvalue weighted by atomic mass is 32.2. The third kappa shape index (κ3) is 3.61. The largest absolute Gasteiger partial charge is 0.301 e. The lowest BCUT2D eigenvalue weighted by Crippen LogP contribution is -2.21. The van der Waals surface area contributed by atoms with Gasteiger partial charge in [0.15, 0.2) is 5.17 Å². The smallest absolute Gasteiger partial charge is 0.264 e. The van der Waals surface area contributed by atoms with Crippen molar-refractivity contribution in [3.8, 4) is 0 Å². The molecule has 22 heavy (non-hydrogen) atoms. The molecule has 1 saturated carbocycles. The van der Waals surface area contributed by atoms with Gasteiger partial charge in [-0.3, -0.25) is 9.79 Å². The zero-order valence-corrected chi connectivity index (χ0v) is 14.0. The van der Waals surface area contributed by atoms with Crippen LogP contribution in [0.5, 0.6) is 0 Å². The maximum atomic E-state index is 12.1. The van der Waals surface area contributed by atoms with Gasteiger partial charge in [0.2, 0.25) is 0 Å². The number of benzene rings is 1. The summed E-state index contributed by atoms with van der Waals surface area (Å²) in [7, 11) is 0. The van der Waals surface area contributed by atoms with Gasteiger partial charge in [-0.05, 0) is 47.7 Å². The molecular weight excluding hydrogens is 292 g/mol. The normalized spacial score (nSPS) is 23.0. The minimum atomic E-state index is -0.0327. The lowest BCUT2D eigenvalue weighted by Gasteiger charge is -2.04. The predicted octanol–water partition coefficient (Wildman–Crippen LogP) is 4.31. The second-order valence-corrected chi connectivity index (χ2v) is 7.29. The van der Waals surface area contributed by atoms with Crippen molar-refractivity contribution in [2.45, 2.75) is 51.5 Å². The van der Waals surface area contributed by atoms with Gasteiger partial charge < -0.3 is 5.32 Å². The van der Waals surface area contributed by atoms with E-state index in [0.29, 0.717) is 12.0 Å². The molecule has 1 aliphatic carbocycles. The Labute approximate surface area is 136 Å². The first-order chi connectivity index (χ1) is 10.6. The summed E-state index contributed by atoms with van der Waals surface area (Å²) >= 11 is 1.46. The Bertz CT molecular complexity index is 610. The molecule has 0 unspecified atom stereocenters. The molecule has 0 spiro atoms. The number of hydrogen-bond acceptors (Lipinski definition) is 3. The summed E-state index contributed by atoms with van der Waals surface area (Å²) in [5.74, 6) is 0.491. The Morgan fingerprint density at radius 2 is 1.91 bits per heavy atom. The van der Waals surface area contributed by atoms with Crippen LogP contribution in [-0.4, -0.2) is 17.1 Å². The second-order valence-electron chi connectivity index (χ2n) is 6.26. The van der Waals surface area contributed by atoms with Gasteiger partial charge in [-0.1, -0.05) is 51.0 Å². The Morgan fingerprint density at radius 3 is 2.55 bits per heavy atom. The number of rotatable bonds is 3. The van der Waals surface area contributed by atoms with Crippen LogP contribution in [0, 0.1) is 0 Å². The van der Waals surface area contributed by atoms with E-state index in [0.717, 1.165) is 28.5 Å². The van der Waals surface area contributed by atoms with Crippen molar-refractivity contribution in [2.75, 3.05) is 0 Å². The van der Waals surface area contributed by atoms with Crippen molar-refractivity contribution in [2.24, 2.45) is 4.99 Å². The highest BCUT2D eigenvalue weighted by molar-refractivity contribution is 8.18. The molecule has 0 radical (unpaired) electrons. The number of amides is 1. The van der Waals surface area contributed by atoms with Gasteiger partial charge in [0.25, 0.3) is 5.91 Å². The summed E-state index contributed by atoms with van der Waals surface area (Å²) in [4.78, 5) is 17.4. The molecule has 116 valence electrons. The minimum Gasteiger partial charge on any atom is -0.301 e. The van der Waals surface area contributed by atoms with E-state index in [1.54, 1.807) is 0 Å². The van der Waals surface area contributed by atoms with Crippen LogP contribution >= 0.6 is 11.8 Å². The Morgan fingerprint density at radius 1 is 1.23 bits per heavy atom. The van der Waals surface area contributed by atoms with Crippen molar-refractivity contribution in [3.63, 3.8) is 0 Å². The summed E-state index contributed by atoms with van der Waals surface area (Å²) in [6.07, 6.45) is 6.75. The fraction of sp³-hybridized carbons (Fsp3) is 0.444. The summed E-state index contributed by atoms with van der Waals surface area (Å²) in [5, 5.41) is 3.65. The number of amidine groups is 1. The van der Waals surface area contributed by atoms with E-state index < -0.39 is 0 Å². The SMILES string of the molecule is CC(C)c1ccc(/C=C2\SC(=NC3CCCC3)NC2=O)cc1. The molecule has 1 amide bonds. The number of hydrogen-bond donors (Lipinski definition) is 1. The first kappa shape index (κ1) is 15.3. The molecule has 0 aromatic heterocycles. The predicted molar refractivity (Wildman–Crippen MR) is 93.9 cm³/mol. The Kier molecular flexibility index (Phi) is 4.67. The maximum Gasteiger partial charge on any atom is 0.264 e. The number of thioether (sulfide) groups is 1. The highest BCUT2D eigenvalue weighted by Gasteiger charge is 2.25. The van der Waals surface area contributed by atoms with Gasteiger partial charge in [0, 0.05) is 0 Å². The number of carbonyl (C=O) groups is 1. The third-order valence-electron chi connectivity index (χ3n) is 4.18.